The third-order valence-corrected chi connectivity index (χ3v) is 5.50. The SMILES string of the molecule is COc1cc(CN(C)Cc2cc(=O)n3cc(Br)ccc3n2)ccc1OCc1ccccc1. The van der Waals surface area contributed by atoms with Crippen molar-refractivity contribution < 1.29 is 9.47 Å². The monoisotopic (exact) mass is 493 g/mol. The number of aromatic nitrogens is 2. The maximum Gasteiger partial charge on any atom is 0.258 e. The van der Waals surface area contributed by atoms with Crippen molar-refractivity contribution in [2.45, 2.75) is 19.7 Å². The fraction of sp³-hybridized carbons (Fsp3) is 0.200. The molecule has 4 aromatic rings. The van der Waals surface area contributed by atoms with Gasteiger partial charge in [-0.3, -0.25) is 14.1 Å². The van der Waals surface area contributed by atoms with Crippen molar-refractivity contribution in [2.75, 3.05) is 14.2 Å². The van der Waals surface area contributed by atoms with E-state index in [1.54, 1.807) is 19.4 Å². The van der Waals surface area contributed by atoms with Gasteiger partial charge in [0.1, 0.15) is 12.3 Å². The second kappa shape index (κ2) is 9.97. The highest BCUT2D eigenvalue weighted by atomic mass is 79.9. The van der Waals surface area contributed by atoms with Gasteiger partial charge in [-0.25, -0.2) is 4.98 Å². The minimum absolute atomic E-state index is 0.0960. The number of fused-ring (bicyclic) bond motifs is 1. The van der Waals surface area contributed by atoms with Gasteiger partial charge in [-0.2, -0.15) is 0 Å². The molecule has 0 radical (unpaired) electrons. The van der Waals surface area contributed by atoms with E-state index in [0.717, 1.165) is 21.3 Å². The van der Waals surface area contributed by atoms with Crippen molar-refractivity contribution in [3.8, 4) is 11.5 Å². The topological polar surface area (TPSA) is 56.1 Å². The first-order valence-electron chi connectivity index (χ1n) is 10.2. The van der Waals surface area contributed by atoms with Crippen LogP contribution in [0.5, 0.6) is 11.5 Å². The Morgan fingerprint density at radius 3 is 2.56 bits per heavy atom. The van der Waals surface area contributed by atoms with Crippen LogP contribution in [0.1, 0.15) is 16.8 Å². The summed E-state index contributed by atoms with van der Waals surface area (Å²) in [5.41, 5.74) is 3.45. The molecule has 0 aliphatic heterocycles. The maximum atomic E-state index is 12.4. The van der Waals surface area contributed by atoms with Crippen LogP contribution in [0.25, 0.3) is 5.65 Å². The van der Waals surface area contributed by atoms with Gasteiger partial charge in [-0.05, 0) is 58.4 Å². The van der Waals surface area contributed by atoms with Crippen molar-refractivity contribution in [1.29, 1.82) is 0 Å². The van der Waals surface area contributed by atoms with E-state index in [-0.39, 0.29) is 5.56 Å². The van der Waals surface area contributed by atoms with Crippen LogP contribution >= 0.6 is 15.9 Å². The van der Waals surface area contributed by atoms with E-state index in [1.807, 2.05) is 67.7 Å². The molecule has 0 saturated heterocycles. The lowest BCUT2D eigenvalue weighted by Gasteiger charge is -2.18. The number of benzene rings is 2. The second-order valence-electron chi connectivity index (χ2n) is 7.59. The average molecular weight is 494 g/mol. The summed E-state index contributed by atoms with van der Waals surface area (Å²) in [5, 5.41) is 0. The Kier molecular flexibility index (Phi) is 6.87. The maximum absolute atomic E-state index is 12.4. The van der Waals surface area contributed by atoms with Crippen LogP contribution in [0.4, 0.5) is 0 Å². The summed E-state index contributed by atoms with van der Waals surface area (Å²) >= 11 is 3.39. The molecule has 0 aliphatic rings. The van der Waals surface area contributed by atoms with E-state index < -0.39 is 0 Å². The Morgan fingerprint density at radius 1 is 0.969 bits per heavy atom. The predicted molar refractivity (Wildman–Crippen MR) is 128 cm³/mol. The third-order valence-electron chi connectivity index (χ3n) is 5.03. The lowest BCUT2D eigenvalue weighted by atomic mass is 10.2. The van der Waals surface area contributed by atoms with Gasteiger partial charge in [0.2, 0.25) is 0 Å². The molecule has 0 aliphatic carbocycles. The number of hydrogen-bond donors (Lipinski definition) is 0. The fourth-order valence-corrected chi connectivity index (χ4v) is 3.85. The minimum atomic E-state index is -0.0960. The Bertz CT molecular complexity index is 1270. The van der Waals surface area contributed by atoms with Gasteiger partial charge in [0.15, 0.2) is 11.5 Å². The molecule has 0 unspecified atom stereocenters. The van der Waals surface area contributed by atoms with Crippen molar-refractivity contribution >= 4 is 21.6 Å². The number of methoxy groups -OCH3 is 1. The molecular formula is C25H24BrN3O3. The van der Waals surface area contributed by atoms with Crippen molar-refractivity contribution in [3.63, 3.8) is 0 Å². The molecule has 6 nitrogen and oxygen atoms in total. The highest BCUT2D eigenvalue weighted by Crippen LogP contribution is 2.29. The Labute approximate surface area is 195 Å². The highest BCUT2D eigenvalue weighted by Gasteiger charge is 2.10. The molecule has 164 valence electrons. The zero-order valence-electron chi connectivity index (χ0n) is 18.0. The van der Waals surface area contributed by atoms with Gasteiger partial charge in [-0.1, -0.05) is 36.4 Å². The molecule has 2 aromatic carbocycles. The molecule has 32 heavy (non-hydrogen) atoms. The Morgan fingerprint density at radius 2 is 1.78 bits per heavy atom. The van der Waals surface area contributed by atoms with Crippen molar-refractivity contribution in [1.82, 2.24) is 14.3 Å². The Balaban J connectivity index is 1.43. The molecule has 2 heterocycles. The normalized spacial score (nSPS) is 11.1. The molecule has 0 N–H and O–H groups in total. The minimum Gasteiger partial charge on any atom is -0.493 e. The molecule has 7 heteroatoms. The van der Waals surface area contributed by atoms with Gasteiger partial charge >= 0.3 is 0 Å². The number of halogens is 1. The summed E-state index contributed by atoms with van der Waals surface area (Å²) in [7, 11) is 3.64. The van der Waals surface area contributed by atoms with Crippen LogP contribution in [0, 0.1) is 0 Å². The van der Waals surface area contributed by atoms with Gasteiger partial charge < -0.3 is 9.47 Å². The van der Waals surface area contributed by atoms with E-state index in [9.17, 15) is 4.79 Å². The third kappa shape index (κ3) is 5.36. The quantitative estimate of drug-likeness (QED) is 0.356. The van der Waals surface area contributed by atoms with E-state index >= 15 is 0 Å². The molecule has 2 aromatic heterocycles. The molecule has 0 spiro atoms. The lowest BCUT2D eigenvalue weighted by Crippen LogP contribution is -2.21. The van der Waals surface area contributed by atoms with Crippen LogP contribution in [0.3, 0.4) is 0 Å². The first-order valence-corrected chi connectivity index (χ1v) is 11.0. The van der Waals surface area contributed by atoms with E-state index in [2.05, 4.69) is 25.8 Å². The number of hydrogen-bond acceptors (Lipinski definition) is 5. The van der Waals surface area contributed by atoms with Gasteiger partial charge in [0.05, 0.1) is 12.8 Å². The van der Waals surface area contributed by atoms with Gasteiger partial charge in [-0.15, -0.1) is 0 Å². The molecule has 0 atom stereocenters. The predicted octanol–water partition coefficient (Wildman–Crippen LogP) is 4.68. The summed E-state index contributed by atoms with van der Waals surface area (Å²) in [4.78, 5) is 19.2. The molecule has 0 bridgehead atoms. The summed E-state index contributed by atoms with van der Waals surface area (Å²) in [6, 6.07) is 21.3. The summed E-state index contributed by atoms with van der Waals surface area (Å²) in [6.07, 6.45) is 1.73. The molecule has 0 fully saturated rings. The lowest BCUT2D eigenvalue weighted by molar-refractivity contribution is 0.282. The van der Waals surface area contributed by atoms with E-state index in [4.69, 9.17) is 9.47 Å². The van der Waals surface area contributed by atoms with Crippen LogP contribution in [0.2, 0.25) is 0 Å². The summed E-state index contributed by atoms with van der Waals surface area (Å²) in [6.45, 7) is 1.71. The Hall–Kier alpha value is -3.16. The van der Waals surface area contributed by atoms with Gasteiger partial charge in [0.25, 0.3) is 5.56 Å². The van der Waals surface area contributed by atoms with Crippen LogP contribution < -0.4 is 15.0 Å². The fourth-order valence-electron chi connectivity index (χ4n) is 3.52. The second-order valence-corrected chi connectivity index (χ2v) is 8.51. The standard InChI is InChI=1S/C25H24BrN3O3/c1-28(16-21-13-25(30)29-15-20(26)9-11-24(29)27-21)14-19-8-10-22(23(12-19)31-2)32-17-18-6-4-3-5-7-18/h3-13,15H,14,16-17H2,1-2H3. The van der Waals surface area contributed by atoms with Gasteiger partial charge in [0, 0.05) is 29.8 Å². The zero-order valence-corrected chi connectivity index (χ0v) is 19.6. The summed E-state index contributed by atoms with van der Waals surface area (Å²) < 4.78 is 13.9. The molecule has 0 saturated carbocycles. The molecular weight excluding hydrogens is 470 g/mol. The number of pyridine rings is 1. The number of ether oxygens (including phenoxy) is 2. The summed E-state index contributed by atoms with van der Waals surface area (Å²) in [5.74, 6) is 1.40. The van der Waals surface area contributed by atoms with Crippen molar-refractivity contribution in [3.05, 3.63) is 105 Å². The number of nitrogens with zero attached hydrogens (tertiary/aromatic N) is 3. The smallest absolute Gasteiger partial charge is 0.258 e. The van der Waals surface area contributed by atoms with Crippen LogP contribution in [0.15, 0.2) is 82.2 Å². The van der Waals surface area contributed by atoms with Crippen LogP contribution in [-0.4, -0.2) is 28.4 Å². The molecule has 0 amide bonds. The van der Waals surface area contributed by atoms with E-state index in [0.29, 0.717) is 36.8 Å². The molecule has 4 rings (SSSR count). The van der Waals surface area contributed by atoms with E-state index in [1.165, 1.54) is 4.40 Å². The van der Waals surface area contributed by atoms with Crippen molar-refractivity contribution in [2.24, 2.45) is 0 Å². The number of rotatable bonds is 8. The first-order chi connectivity index (χ1) is 15.5. The first kappa shape index (κ1) is 22.0. The largest absolute Gasteiger partial charge is 0.493 e. The highest BCUT2D eigenvalue weighted by molar-refractivity contribution is 9.10. The van der Waals surface area contributed by atoms with Crippen LogP contribution in [-0.2, 0) is 19.7 Å². The average Bonchev–Trinajstić information content (AvgIpc) is 2.79. The zero-order chi connectivity index (χ0) is 22.5.